The van der Waals surface area contributed by atoms with E-state index < -0.39 is 0 Å². The molecule has 4 heteroatoms. The monoisotopic (exact) mass is 275 g/mol. The second-order valence-electron chi connectivity index (χ2n) is 4.94. The quantitative estimate of drug-likeness (QED) is 0.457. The summed E-state index contributed by atoms with van der Waals surface area (Å²) < 4.78 is 5.65. The number of benzene rings is 1. The van der Waals surface area contributed by atoms with E-state index in [1.165, 1.54) is 5.56 Å². The van der Waals surface area contributed by atoms with Crippen molar-refractivity contribution in [3.05, 3.63) is 42.5 Å². The lowest BCUT2D eigenvalue weighted by Crippen LogP contribution is -2.36. The first-order chi connectivity index (χ1) is 9.65. The predicted molar refractivity (Wildman–Crippen MR) is 85.2 cm³/mol. The van der Waals surface area contributed by atoms with Crippen LogP contribution in [-0.2, 0) is 6.54 Å². The van der Waals surface area contributed by atoms with Gasteiger partial charge >= 0.3 is 0 Å². The van der Waals surface area contributed by atoms with E-state index in [1.807, 2.05) is 12.1 Å². The molecule has 0 aliphatic carbocycles. The van der Waals surface area contributed by atoms with E-state index in [1.54, 1.807) is 13.1 Å². The molecule has 1 aromatic rings. The fourth-order valence-electron chi connectivity index (χ4n) is 1.54. The zero-order chi connectivity index (χ0) is 14.8. The van der Waals surface area contributed by atoms with Crippen LogP contribution in [0.5, 0.6) is 5.75 Å². The molecular formula is C16H25N3O. The SMILES string of the molecule is C=CCNC(=NC)NCc1ccc(OCC(C)C)cc1. The van der Waals surface area contributed by atoms with Gasteiger partial charge in [0.1, 0.15) is 5.75 Å². The molecule has 0 amide bonds. The molecule has 0 bridgehead atoms. The summed E-state index contributed by atoms with van der Waals surface area (Å²) in [6, 6.07) is 8.12. The molecule has 0 unspecified atom stereocenters. The summed E-state index contributed by atoms with van der Waals surface area (Å²) in [5.41, 5.74) is 1.18. The molecule has 0 radical (unpaired) electrons. The van der Waals surface area contributed by atoms with Gasteiger partial charge in [-0.2, -0.15) is 0 Å². The molecule has 0 aromatic heterocycles. The predicted octanol–water partition coefficient (Wildman–Crippen LogP) is 2.57. The second-order valence-corrected chi connectivity index (χ2v) is 4.94. The summed E-state index contributed by atoms with van der Waals surface area (Å²) in [5, 5.41) is 6.37. The van der Waals surface area contributed by atoms with E-state index in [0.717, 1.165) is 24.9 Å². The molecule has 4 nitrogen and oxygen atoms in total. The van der Waals surface area contributed by atoms with Crippen molar-refractivity contribution in [2.75, 3.05) is 20.2 Å². The summed E-state index contributed by atoms with van der Waals surface area (Å²) in [5.74, 6) is 2.22. The molecular weight excluding hydrogens is 250 g/mol. The van der Waals surface area contributed by atoms with E-state index in [2.05, 4.69) is 48.2 Å². The number of nitrogens with one attached hydrogen (secondary N) is 2. The molecule has 0 atom stereocenters. The van der Waals surface area contributed by atoms with Crippen LogP contribution in [0.3, 0.4) is 0 Å². The van der Waals surface area contributed by atoms with Gasteiger partial charge in [0.25, 0.3) is 0 Å². The Hall–Kier alpha value is -1.97. The smallest absolute Gasteiger partial charge is 0.191 e. The highest BCUT2D eigenvalue weighted by atomic mass is 16.5. The molecule has 0 spiro atoms. The third-order valence-corrected chi connectivity index (χ3v) is 2.60. The molecule has 0 saturated heterocycles. The number of aliphatic imine (C=N–C) groups is 1. The highest BCUT2D eigenvalue weighted by molar-refractivity contribution is 5.79. The summed E-state index contributed by atoms with van der Waals surface area (Å²) >= 11 is 0. The third kappa shape index (κ3) is 6.27. The standard InChI is InChI=1S/C16H25N3O/c1-5-10-18-16(17-4)19-11-14-6-8-15(9-7-14)20-12-13(2)3/h5-9,13H,1,10-12H2,2-4H3,(H2,17,18,19). The van der Waals surface area contributed by atoms with Crippen molar-refractivity contribution in [1.29, 1.82) is 0 Å². The van der Waals surface area contributed by atoms with Gasteiger partial charge in [-0.3, -0.25) is 4.99 Å². The first kappa shape index (κ1) is 16.1. The molecule has 0 fully saturated rings. The van der Waals surface area contributed by atoms with Crippen molar-refractivity contribution >= 4 is 5.96 Å². The molecule has 0 aliphatic heterocycles. The lowest BCUT2D eigenvalue weighted by Gasteiger charge is -2.11. The van der Waals surface area contributed by atoms with Crippen LogP contribution in [0, 0.1) is 5.92 Å². The van der Waals surface area contributed by atoms with Gasteiger partial charge in [0, 0.05) is 20.1 Å². The van der Waals surface area contributed by atoms with E-state index in [0.29, 0.717) is 12.5 Å². The topological polar surface area (TPSA) is 45.7 Å². The summed E-state index contributed by atoms with van der Waals surface area (Å²) in [6.45, 7) is 10.1. The van der Waals surface area contributed by atoms with Gasteiger partial charge in [-0.15, -0.1) is 6.58 Å². The average Bonchev–Trinajstić information content (AvgIpc) is 2.46. The molecule has 2 N–H and O–H groups in total. The maximum absolute atomic E-state index is 5.65. The number of nitrogens with zero attached hydrogens (tertiary/aromatic N) is 1. The Kier molecular flexibility index (Phi) is 7.25. The summed E-state index contributed by atoms with van der Waals surface area (Å²) in [4.78, 5) is 4.13. The van der Waals surface area contributed by atoms with Gasteiger partial charge < -0.3 is 15.4 Å². The van der Waals surface area contributed by atoms with Crippen molar-refractivity contribution in [1.82, 2.24) is 10.6 Å². The molecule has 0 heterocycles. The normalized spacial score (nSPS) is 11.3. The van der Waals surface area contributed by atoms with Crippen molar-refractivity contribution in [3.8, 4) is 5.75 Å². The highest BCUT2D eigenvalue weighted by Crippen LogP contribution is 2.13. The Bertz CT molecular complexity index is 424. The highest BCUT2D eigenvalue weighted by Gasteiger charge is 1.99. The summed E-state index contributed by atoms with van der Waals surface area (Å²) in [7, 11) is 1.75. The lowest BCUT2D eigenvalue weighted by atomic mass is 10.2. The Labute approximate surface area is 121 Å². The Balaban J connectivity index is 2.42. The van der Waals surface area contributed by atoms with E-state index in [9.17, 15) is 0 Å². The minimum Gasteiger partial charge on any atom is -0.493 e. The molecule has 0 saturated carbocycles. The van der Waals surface area contributed by atoms with Crippen molar-refractivity contribution < 1.29 is 4.74 Å². The van der Waals surface area contributed by atoms with Crippen LogP contribution >= 0.6 is 0 Å². The summed E-state index contributed by atoms with van der Waals surface area (Å²) in [6.07, 6.45) is 1.80. The Morgan fingerprint density at radius 2 is 2.00 bits per heavy atom. The van der Waals surface area contributed by atoms with Crippen LogP contribution in [0.15, 0.2) is 41.9 Å². The Morgan fingerprint density at radius 1 is 1.30 bits per heavy atom. The van der Waals surface area contributed by atoms with Gasteiger partial charge in [0.15, 0.2) is 5.96 Å². The van der Waals surface area contributed by atoms with Crippen molar-refractivity contribution in [3.63, 3.8) is 0 Å². The number of ether oxygens (including phenoxy) is 1. The minimum atomic E-state index is 0.538. The van der Waals surface area contributed by atoms with Crippen LogP contribution < -0.4 is 15.4 Å². The fraction of sp³-hybridized carbons (Fsp3) is 0.438. The maximum atomic E-state index is 5.65. The largest absolute Gasteiger partial charge is 0.493 e. The van der Waals surface area contributed by atoms with Gasteiger partial charge in [-0.25, -0.2) is 0 Å². The first-order valence-electron chi connectivity index (χ1n) is 6.93. The molecule has 1 aromatic carbocycles. The van der Waals surface area contributed by atoms with Gasteiger partial charge in [-0.1, -0.05) is 32.1 Å². The third-order valence-electron chi connectivity index (χ3n) is 2.60. The number of hydrogen-bond donors (Lipinski definition) is 2. The second kappa shape index (κ2) is 9.02. The van der Waals surface area contributed by atoms with Crippen molar-refractivity contribution in [2.24, 2.45) is 10.9 Å². The molecule has 1 rings (SSSR count). The molecule has 110 valence electrons. The Morgan fingerprint density at radius 3 is 2.55 bits per heavy atom. The van der Waals surface area contributed by atoms with Crippen LogP contribution in [0.4, 0.5) is 0 Å². The van der Waals surface area contributed by atoms with Crippen LogP contribution in [0.1, 0.15) is 19.4 Å². The van der Waals surface area contributed by atoms with Gasteiger partial charge in [-0.05, 0) is 23.6 Å². The zero-order valence-corrected chi connectivity index (χ0v) is 12.6. The fourth-order valence-corrected chi connectivity index (χ4v) is 1.54. The van der Waals surface area contributed by atoms with E-state index in [4.69, 9.17) is 4.74 Å². The zero-order valence-electron chi connectivity index (χ0n) is 12.6. The van der Waals surface area contributed by atoms with Gasteiger partial charge in [0.2, 0.25) is 0 Å². The van der Waals surface area contributed by atoms with Gasteiger partial charge in [0.05, 0.1) is 6.61 Å². The number of hydrogen-bond acceptors (Lipinski definition) is 2. The van der Waals surface area contributed by atoms with Crippen LogP contribution in [0.2, 0.25) is 0 Å². The van der Waals surface area contributed by atoms with E-state index >= 15 is 0 Å². The van der Waals surface area contributed by atoms with Crippen LogP contribution in [-0.4, -0.2) is 26.2 Å². The first-order valence-corrected chi connectivity index (χ1v) is 6.93. The molecule has 0 aliphatic rings. The minimum absolute atomic E-state index is 0.538. The number of guanidine groups is 1. The lowest BCUT2D eigenvalue weighted by molar-refractivity contribution is 0.271. The van der Waals surface area contributed by atoms with Crippen molar-refractivity contribution in [2.45, 2.75) is 20.4 Å². The molecule has 20 heavy (non-hydrogen) atoms. The van der Waals surface area contributed by atoms with E-state index in [-0.39, 0.29) is 0 Å². The van der Waals surface area contributed by atoms with Crippen LogP contribution in [0.25, 0.3) is 0 Å². The maximum Gasteiger partial charge on any atom is 0.191 e. The number of rotatable bonds is 7. The average molecular weight is 275 g/mol.